The summed E-state index contributed by atoms with van der Waals surface area (Å²) >= 11 is 0. The molecule has 2 N–H and O–H groups in total. The first-order valence-corrected chi connectivity index (χ1v) is 6.91. The Morgan fingerprint density at radius 3 is 2.48 bits per heavy atom. The average Bonchev–Trinajstić information content (AvgIpc) is 2.49. The zero-order valence-corrected chi connectivity index (χ0v) is 12.2. The number of benzene rings is 1. The molecular weight excluding hydrogens is 280 g/mol. The fraction of sp³-hybridized carbons (Fsp3) is 0.533. The second-order valence-corrected chi connectivity index (χ2v) is 4.92. The van der Waals surface area contributed by atoms with Crippen LogP contribution in [0.2, 0.25) is 0 Å². The first-order valence-electron chi connectivity index (χ1n) is 6.91. The Kier molecular flexibility index (Phi) is 6.55. The molecule has 118 valence electrons. The van der Waals surface area contributed by atoms with E-state index in [1.165, 1.54) is 18.2 Å². The van der Waals surface area contributed by atoms with Crippen molar-refractivity contribution in [3.63, 3.8) is 0 Å². The minimum absolute atomic E-state index is 0.0462. The fourth-order valence-corrected chi connectivity index (χ4v) is 2.00. The molecule has 0 bridgehead atoms. The van der Waals surface area contributed by atoms with E-state index in [0.29, 0.717) is 12.8 Å². The Balaban J connectivity index is 2.80. The highest BCUT2D eigenvalue weighted by Gasteiger charge is 2.26. The lowest BCUT2D eigenvalue weighted by Gasteiger charge is -2.29. The van der Waals surface area contributed by atoms with Crippen LogP contribution in [0.3, 0.4) is 0 Å². The van der Waals surface area contributed by atoms with E-state index in [0.717, 1.165) is 0 Å². The monoisotopic (exact) mass is 301 g/mol. The van der Waals surface area contributed by atoms with Crippen LogP contribution in [-0.4, -0.2) is 30.8 Å². The van der Waals surface area contributed by atoms with E-state index in [9.17, 15) is 18.7 Å². The molecule has 4 nitrogen and oxygen atoms in total. The van der Waals surface area contributed by atoms with E-state index in [4.69, 9.17) is 0 Å². The molecule has 0 aliphatic heterocycles. The second-order valence-electron chi connectivity index (χ2n) is 4.92. The summed E-state index contributed by atoms with van der Waals surface area (Å²) in [5.74, 6) is -0.654. The molecule has 1 amide bonds. The number of nitrogens with one attached hydrogen (secondary N) is 1. The van der Waals surface area contributed by atoms with Crippen molar-refractivity contribution in [2.24, 2.45) is 5.41 Å². The number of carbonyl (C=O) groups excluding carboxylic acids is 1. The summed E-state index contributed by atoms with van der Waals surface area (Å²) in [6.45, 7) is 1.11. The third-order valence-corrected chi connectivity index (χ3v) is 3.81. The maximum atomic E-state index is 12.3. The molecule has 0 heterocycles. The minimum atomic E-state index is -2.98. The molecule has 0 saturated carbocycles. The van der Waals surface area contributed by atoms with Gasteiger partial charge in [-0.05, 0) is 25.0 Å². The Morgan fingerprint density at radius 2 is 1.95 bits per heavy atom. The van der Waals surface area contributed by atoms with Gasteiger partial charge in [-0.3, -0.25) is 4.79 Å². The molecule has 1 aromatic carbocycles. The van der Waals surface area contributed by atoms with Gasteiger partial charge in [0.25, 0.3) is 5.91 Å². The summed E-state index contributed by atoms with van der Waals surface area (Å²) in [5, 5.41) is 12.1. The molecule has 0 aliphatic carbocycles. The molecule has 0 aliphatic rings. The van der Waals surface area contributed by atoms with Crippen molar-refractivity contribution in [1.82, 2.24) is 5.32 Å². The molecule has 0 spiro atoms. The number of hydrogen-bond acceptors (Lipinski definition) is 3. The van der Waals surface area contributed by atoms with Crippen LogP contribution in [0.4, 0.5) is 8.78 Å². The van der Waals surface area contributed by atoms with Gasteiger partial charge in [0.05, 0.1) is 12.2 Å². The number of alkyl halides is 2. The molecule has 0 fully saturated rings. The largest absolute Gasteiger partial charge is 0.434 e. The summed E-state index contributed by atoms with van der Waals surface area (Å²) < 4.78 is 29.0. The molecule has 6 heteroatoms. The highest BCUT2D eigenvalue weighted by atomic mass is 19.3. The maximum absolute atomic E-state index is 12.3. The van der Waals surface area contributed by atoms with Crippen molar-refractivity contribution in [2.45, 2.75) is 33.3 Å². The zero-order valence-electron chi connectivity index (χ0n) is 12.2. The highest BCUT2D eigenvalue weighted by molar-refractivity contribution is 5.96. The predicted molar refractivity (Wildman–Crippen MR) is 75.5 cm³/mol. The van der Waals surface area contributed by atoms with E-state index < -0.39 is 17.9 Å². The number of para-hydroxylation sites is 1. The Bertz CT molecular complexity index is 454. The third-order valence-electron chi connectivity index (χ3n) is 3.81. The van der Waals surface area contributed by atoms with Gasteiger partial charge in [-0.2, -0.15) is 8.78 Å². The van der Waals surface area contributed by atoms with E-state index in [1.807, 2.05) is 13.8 Å². The van der Waals surface area contributed by atoms with Gasteiger partial charge < -0.3 is 15.2 Å². The summed E-state index contributed by atoms with van der Waals surface area (Å²) in [5.41, 5.74) is -0.342. The van der Waals surface area contributed by atoms with E-state index >= 15 is 0 Å². The van der Waals surface area contributed by atoms with Gasteiger partial charge in [0.1, 0.15) is 5.75 Å². The van der Waals surface area contributed by atoms with Gasteiger partial charge in [-0.25, -0.2) is 0 Å². The minimum Gasteiger partial charge on any atom is -0.434 e. The van der Waals surface area contributed by atoms with Crippen molar-refractivity contribution in [2.75, 3.05) is 13.2 Å². The number of amides is 1. The third kappa shape index (κ3) is 4.67. The lowest BCUT2D eigenvalue weighted by Crippen LogP contribution is -2.39. The van der Waals surface area contributed by atoms with Gasteiger partial charge >= 0.3 is 6.61 Å². The van der Waals surface area contributed by atoms with Crippen LogP contribution < -0.4 is 10.1 Å². The van der Waals surface area contributed by atoms with Crippen LogP contribution in [0.15, 0.2) is 24.3 Å². The molecule has 1 rings (SSSR count). The normalized spacial score (nSPS) is 11.5. The Hall–Kier alpha value is -1.69. The first kappa shape index (κ1) is 17.4. The first-order chi connectivity index (χ1) is 9.98. The molecule has 0 radical (unpaired) electrons. The number of carbonyl (C=O) groups is 1. The molecule has 21 heavy (non-hydrogen) atoms. The maximum Gasteiger partial charge on any atom is 0.387 e. The van der Waals surface area contributed by atoms with Gasteiger partial charge in [-0.1, -0.05) is 26.0 Å². The number of aliphatic hydroxyl groups is 1. The highest BCUT2D eigenvalue weighted by Crippen LogP contribution is 2.25. The van der Waals surface area contributed by atoms with Crippen LogP contribution in [-0.2, 0) is 0 Å². The van der Waals surface area contributed by atoms with Crippen molar-refractivity contribution in [1.29, 1.82) is 0 Å². The Labute approximate surface area is 123 Å². The number of rotatable bonds is 8. The van der Waals surface area contributed by atoms with Gasteiger partial charge in [0.2, 0.25) is 0 Å². The van der Waals surface area contributed by atoms with Crippen LogP contribution in [0.1, 0.15) is 37.0 Å². The smallest absolute Gasteiger partial charge is 0.387 e. The predicted octanol–water partition coefficient (Wildman–Crippen LogP) is 2.82. The summed E-state index contributed by atoms with van der Waals surface area (Å²) in [7, 11) is 0. The van der Waals surface area contributed by atoms with Crippen LogP contribution >= 0.6 is 0 Å². The van der Waals surface area contributed by atoms with Crippen LogP contribution in [0.25, 0.3) is 0 Å². The summed E-state index contributed by atoms with van der Waals surface area (Å²) in [6.07, 6.45) is 1.41. The second kappa shape index (κ2) is 7.93. The molecule has 0 saturated heterocycles. The standard InChI is InChI=1S/C15H21F2NO3/c1-3-15(4-2,10-19)9-18-13(20)11-7-5-6-8-12(11)21-14(16)17/h5-8,14,19H,3-4,9-10H2,1-2H3,(H,18,20). The molecule has 1 aromatic rings. The summed E-state index contributed by atoms with van der Waals surface area (Å²) in [6, 6.07) is 5.84. The van der Waals surface area contributed by atoms with Crippen molar-refractivity contribution < 1.29 is 23.4 Å². The molecule has 0 aromatic heterocycles. The Morgan fingerprint density at radius 1 is 1.33 bits per heavy atom. The lowest BCUT2D eigenvalue weighted by molar-refractivity contribution is -0.0501. The van der Waals surface area contributed by atoms with Crippen molar-refractivity contribution in [3.05, 3.63) is 29.8 Å². The van der Waals surface area contributed by atoms with Gasteiger partial charge in [-0.15, -0.1) is 0 Å². The van der Waals surface area contributed by atoms with Crippen LogP contribution in [0, 0.1) is 5.41 Å². The molecule has 0 unspecified atom stereocenters. The van der Waals surface area contributed by atoms with E-state index in [2.05, 4.69) is 10.1 Å². The number of halogens is 2. The van der Waals surface area contributed by atoms with Crippen LogP contribution in [0.5, 0.6) is 5.75 Å². The van der Waals surface area contributed by atoms with Gasteiger partial charge in [0.15, 0.2) is 0 Å². The fourth-order valence-electron chi connectivity index (χ4n) is 2.00. The molecule has 0 atom stereocenters. The van der Waals surface area contributed by atoms with E-state index in [1.54, 1.807) is 6.07 Å². The van der Waals surface area contributed by atoms with Crippen molar-refractivity contribution >= 4 is 5.91 Å². The lowest BCUT2D eigenvalue weighted by atomic mass is 9.83. The zero-order chi connectivity index (χ0) is 15.9. The SMILES string of the molecule is CCC(CC)(CO)CNC(=O)c1ccccc1OC(F)F. The van der Waals surface area contributed by atoms with Gasteiger partial charge in [0, 0.05) is 12.0 Å². The molecular formula is C15H21F2NO3. The number of aliphatic hydroxyl groups excluding tert-OH is 1. The topological polar surface area (TPSA) is 58.6 Å². The average molecular weight is 301 g/mol. The quantitative estimate of drug-likeness (QED) is 0.776. The summed E-state index contributed by atoms with van der Waals surface area (Å²) in [4.78, 5) is 12.1. The number of hydrogen-bond donors (Lipinski definition) is 2. The van der Waals surface area contributed by atoms with E-state index in [-0.39, 0.29) is 24.5 Å². The van der Waals surface area contributed by atoms with Crippen molar-refractivity contribution in [3.8, 4) is 5.75 Å². The number of ether oxygens (including phenoxy) is 1.